The number of thioether (sulfide) groups is 1. The van der Waals surface area contributed by atoms with Gasteiger partial charge in [0.1, 0.15) is 5.82 Å². The fourth-order valence-corrected chi connectivity index (χ4v) is 2.94. The second kappa shape index (κ2) is 5.95. The summed E-state index contributed by atoms with van der Waals surface area (Å²) in [4.78, 5) is 1.04. The van der Waals surface area contributed by atoms with Crippen LogP contribution in [-0.2, 0) is 5.75 Å². The van der Waals surface area contributed by atoms with Crippen LogP contribution in [0.15, 0.2) is 45.8 Å². The third kappa shape index (κ3) is 3.40. The van der Waals surface area contributed by atoms with Crippen molar-refractivity contribution in [2.75, 3.05) is 5.73 Å². The van der Waals surface area contributed by atoms with Crippen LogP contribution in [-0.4, -0.2) is 0 Å². The van der Waals surface area contributed by atoms with E-state index in [9.17, 15) is 4.39 Å². The highest BCUT2D eigenvalue weighted by atomic mass is 79.9. The molecule has 0 aliphatic carbocycles. The van der Waals surface area contributed by atoms with E-state index in [0.29, 0.717) is 15.2 Å². The summed E-state index contributed by atoms with van der Waals surface area (Å²) in [6.45, 7) is 0. The molecular weight excluding hydrogens is 337 g/mol. The minimum absolute atomic E-state index is 0.251. The molecule has 2 rings (SSSR count). The van der Waals surface area contributed by atoms with Gasteiger partial charge in [-0.15, -0.1) is 11.8 Å². The lowest BCUT2D eigenvalue weighted by Gasteiger charge is -2.05. The highest BCUT2D eigenvalue weighted by molar-refractivity contribution is 9.10. The van der Waals surface area contributed by atoms with Gasteiger partial charge in [0.15, 0.2) is 0 Å². The molecule has 0 aliphatic rings. The molecule has 0 fully saturated rings. The Labute approximate surface area is 123 Å². The third-order valence-corrected chi connectivity index (χ3v) is 4.36. The molecule has 0 spiro atoms. The fraction of sp³-hybridized carbons (Fsp3) is 0.0769. The Morgan fingerprint density at radius 3 is 2.67 bits per heavy atom. The monoisotopic (exact) mass is 345 g/mol. The largest absolute Gasteiger partial charge is 0.398 e. The Morgan fingerprint density at radius 1 is 1.22 bits per heavy atom. The first-order valence-corrected chi connectivity index (χ1v) is 7.33. The number of benzene rings is 2. The van der Waals surface area contributed by atoms with Crippen LogP contribution in [0.1, 0.15) is 5.56 Å². The van der Waals surface area contributed by atoms with E-state index >= 15 is 0 Å². The molecule has 18 heavy (non-hydrogen) atoms. The number of hydrogen-bond donors (Lipinski definition) is 1. The molecule has 0 amide bonds. The van der Waals surface area contributed by atoms with Gasteiger partial charge in [-0.3, -0.25) is 0 Å². The van der Waals surface area contributed by atoms with Gasteiger partial charge in [-0.25, -0.2) is 4.39 Å². The van der Waals surface area contributed by atoms with E-state index in [4.69, 9.17) is 17.3 Å². The van der Waals surface area contributed by atoms with E-state index in [1.165, 1.54) is 6.07 Å². The molecule has 1 nitrogen and oxygen atoms in total. The van der Waals surface area contributed by atoms with Crippen LogP contribution in [0.25, 0.3) is 0 Å². The van der Waals surface area contributed by atoms with Crippen molar-refractivity contribution in [3.63, 3.8) is 0 Å². The Morgan fingerprint density at radius 2 is 2.00 bits per heavy atom. The summed E-state index contributed by atoms with van der Waals surface area (Å²) in [6, 6.07) is 10.5. The molecule has 0 saturated heterocycles. The molecular formula is C13H10BrClFNS. The SMILES string of the molecule is Nc1ccc(SCc2ccc(F)c(Br)c2)cc1Cl. The summed E-state index contributed by atoms with van der Waals surface area (Å²) in [5.41, 5.74) is 7.26. The molecule has 2 aromatic carbocycles. The number of nitrogens with two attached hydrogens (primary N) is 1. The number of anilines is 1. The van der Waals surface area contributed by atoms with Crippen LogP contribution >= 0.6 is 39.3 Å². The first kappa shape index (κ1) is 13.7. The molecule has 0 heterocycles. The second-order valence-corrected chi connectivity index (χ2v) is 6.03. The van der Waals surface area contributed by atoms with E-state index in [-0.39, 0.29) is 5.82 Å². The molecule has 0 saturated carbocycles. The number of hydrogen-bond acceptors (Lipinski definition) is 2. The fourth-order valence-electron chi connectivity index (χ4n) is 1.39. The molecule has 0 aliphatic heterocycles. The highest BCUT2D eigenvalue weighted by Gasteiger charge is 2.03. The highest BCUT2D eigenvalue weighted by Crippen LogP contribution is 2.29. The van der Waals surface area contributed by atoms with Crippen molar-refractivity contribution in [1.82, 2.24) is 0 Å². The van der Waals surface area contributed by atoms with Crippen molar-refractivity contribution in [3.8, 4) is 0 Å². The quantitative estimate of drug-likeness (QED) is 0.617. The van der Waals surface area contributed by atoms with Crippen LogP contribution in [0, 0.1) is 5.82 Å². The van der Waals surface area contributed by atoms with Crippen molar-refractivity contribution in [3.05, 3.63) is 57.3 Å². The molecule has 0 radical (unpaired) electrons. The van der Waals surface area contributed by atoms with Crippen LogP contribution in [0.5, 0.6) is 0 Å². The van der Waals surface area contributed by atoms with Crippen LogP contribution in [0.2, 0.25) is 5.02 Å². The Kier molecular flexibility index (Phi) is 4.54. The maximum absolute atomic E-state index is 13.1. The van der Waals surface area contributed by atoms with Gasteiger partial charge in [0.05, 0.1) is 15.2 Å². The molecule has 94 valence electrons. The van der Waals surface area contributed by atoms with Crippen LogP contribution in [0.3, 0.4) is 0 Å². The predicted octanol–water partition coefficient (Wildman–Crippen LogP) is 5.12. The summed E-state index contributed by atoms with van der Waals surface area (Å²) >= 11 is 10.7. The molecule has 0 aromatic heterocycles. The van der Waals surface area contributed by atoms with Crippen molar-refractivity contribution >= 4 is 45.0 Å². The first-order valence-electron chi connectivity index (χ1n) is 5.18. The van der Waals surface area contributed by atoms with E-state index < -0.39 is 0 Å². The molecule has 0 atom stereocenters. The molecule has 2 N–H and O–H groups in total. The Balaban J connectivity index is 2.06. The normalized spacial score (nSPS) is 10.6. The molecule has 5 heteroatoms. The van der Waals surface area contributed by atoms with E-state index in [0.717, 1.165) is 16.2 Å². The van der Waals surface area contributed by atoms with Crippen molar-refractivity contribution in [1.29, 1.82) is 0 Å². The lowest BCUT2D eigenvalue weighted by atomic mass is 10.2. The summed E-state index contributed by atoms with van der Waals surface area (Å²) in [5.74, 6) is 0.498. The minimum Gasteiger partial charge on any atom is -0.398 e. The Bertz CT molecular complexity index is 525. The van der Waals surface area contributed by atoms with Crippen molar-refractivity contribution in [2.45, 2.75) is 10.6 Å². The number of rotatable bonds is 3. The standard InChI is InChI=1S/C13H10BrClFNS/c14-10-5-8(1-3-12(10)16)7-18-9-2-4-13(17)11(15)6-9/h1-6H,7,17H2. The third-order valence-electron chi connectivity index (χ3n) is 2.36. The zero-order valence-corrected chi connectivity index (χ0v) is 12.4. The lowest BCUT2D eigenvalue weighted by Crippen LogP contribution is -1.87. The molecule has 0 unspecified atom stereocenters. The average molecular weight is 347 g/mol. The second-order valence-electron chi connectivity index (χ2n) is 3.72. The van der Waals surface area contributed by atoms with Gasteiger partial charge in [-0.2, -0.15) is 0 Å². The van der Waals surface area contributed by atoms with E-state index in [1.807, 2.05) is 12.1 Å². The average Bonchev–Trinajstić information content (AvgIpc) is 2.35. The summed E-state index contributed by atoms with van der Waals surface area (Å²) in [6.07, 6.45) is 0. The zero-order chi connectivity index (χ0) is 13.1. The summed E-state index contributed by atoms with van der Waals surface area (Å²) < 4.78 is 13.6. The van der Waals surface area contributed by atoms with E-state index in [2.05, 4.69) is 15.9 Å². The van der Waals surface area contributed by atoms with Crippen molar-refractivity contribution in [2.24, 2.45) is 0 Å². The van der Waals surface area contributed by atoms with Gasteiger partial charge in [0.25, 0.3) is 0 Å². The van der Waals surface area contributed by atoms with E-state index in [1.54, 1.807) is 30.0 Å². The van der Waals surface area contributed by atoms with Crippen molar-refractivity contribution < 1.29 is 4.39 Å². The van der Waals surface area contributed by atoms with Crippen LogP contribution < -0.4 is 5.73 Å². The summed E-state index contributed by atoms with van der Waals surface area (Å²) in [7, 11) is 0. The maximum atomic E-state index is 13.1. The van der Waals surface area contributed by atoms with Gasteiger partial charge in [0, 0.05) is 10.6 Å². The smallest absolute Gasteiger partial charge is 0.137 e. The topological polar surface area (TPSA) is 26.0 Å². The Hall–Kier alpha value is -0.710. The minimum atomic E-state index is -0.251. The predicted molar refractivity (Wildman–Crippen MR) is 79.5 cm³/mol. The lowest BCUT2D eigenvalue weighted by molar-refractivity contribution is 0.620. The van der Waals surface area contributed by atoms with Crippen LogP contribution in [0.4, 0.5) is 10.1 Å². The van der Waals surface area contributed by atoms with Gasteiger partial charge in [-0.05, 0) is 51.8 Å². The van der Waals surface area contributed by atoms with Gasteiger partial charge >= 0.3 is 0 Å². The van der Waals surface area contributed by atoms with Gasteiger partial charge in [0.2, 0.25) is 0 Å². The number of nitrogen functional groups attached to an aromatic ring is 1. The summed E-state index contributed by atoms with van der Waals surface area (Å²) in [5, 5.41) is 0.556. The molecule has 0 bridgehead atoms. The molecule has 2 aromatic rings. The zero-order valence-electron chi connectivity index (χ0n) is 9.29. The van der Waals surface area contributed by atoms with Gasteiger partial charge < -0.3 is 5.73 Å². The van der Waals surface area contributed by atoms with Gasteiger partial charge in [-0.1, -0.05) is 17.7 Å². The maximum Gasteiger partial charge on any atom is 0.137 e. The first-order chi connectivity index (χ1) is 8.56. The number of halogens is 3.